The fourth-order valence-corrected chi connectivity index (χ4v) is 2.63. The molecule has 0 aromatic heterocycles. The van der Waals surface area contributed by atoms with E-state index < -0.39 is 0 Å². The van der Waals surface area contributed by atoms with Gasteiger partial charge in [0.05, 0.1) is 7.11 Å². The van der Waals surface area contributed by atoms with Crippen molar-refractivity contribution in [1.82, 2.24) is 10.6 Å². The van der Waals surface area contributed by atoms with E-state index in [2.05, 4.69) is 31.4 Å². The highest BCUT2D eigenvalue weighted by Crippen LogP contribution is 2.26. The monoisotopic (exact) mass is 384 g/mol. The van der Waals surface area contributed by atoms with Crippen molar-refractivity contribution in [3.63, 3.8) is 0 Å². The number of ether oxygens (including phenoxy) is 1. The molecule has 3 N–H and O–H groups in total. The third kappa shape index (κ3) is 6.01. The van der Waals surface area contributed by atoms with Crippen molar-refractivity contribution >= 4 is 11.8 Å². The van der Waals surface area contributed by atoms with Crippen LogP contribution >= 0.6 is 0 Å². The highest BCUT2D eigenvalue weighted by Gasteiger charge is 2.14. The first-order chi connectivity index (χ1) is 13.2. The summed E-state index contributed by atoms with van der Waals surface area (Å²) in [5.74, 6) is 0.0410. The summed E-state index contributed by atoms with van der Waals surface area (Å²) in [7, 11) is 1.47. The smallest absolute Gasteiger partial charge is 0.251 e. The topological polar surface area (TPSA) is 87.7 Å². The molecule has 6 nitrogen and oxygen atoms in total. The van der Waals surface area contributed by atoms with Gasteiger partial charge in [0.1, 0.15) is 0 Å². The molecular formula is C22H28N2O4. The van der Waals surface area contributed by atoms with Crippen LogP contribution in [-0.2, 0) is 16.8 Å². The van der Waals surface area contributed by atoms with Crippen molar-refractivity contribution in [2.75, 3.05) is 13.7 Å². The molecule has 2 aromatic rings. The molecule has 0 aliphatic carbocycles. The van der Waals surface area contributed by atoms with Crippen LogP contribution in [0.2, 0.25) is 0 Å². The molecule has 0 aliphatic rings. The van der Waals surface area contributed by atoms with E-state index in [0.29, 0.717) is 17.9 Å². The molecule has 0 atom stereocenters. The molecule has 0 saturated heterocycles. The van der Waals surface area contributed by atoms with Crippen LogP contribution in [0.4, 0.5) is 0 Å². The van der Waals surface area contributed by atoms with Crippen LogP contribution in [0.3, 0.4) is 0 Å². The highest BCUT2D eigenvalue weighted by molar-refractivity contribution is 5.94. The van der Waals surface area contributed by atoms with Gasteiger partial charge in [0.2, 0.25) is 5.91 Å². The summed E-state index contributed by atoms with van der Waals surface area (Å²) in [6.45, 7) is 6.93. The van der Waals surface area contributed by atoms with E-state index in [4.69, 9.17) is 4.74 Å². The SMILES string of the molecule is COc1cc(CNC(=O)CCNC(=O)c2ccc(C(C)(C)C)cc2)ccc1O. The predicted molar refractivity (Wildman–Crippen MR) is 109 cm³/mol. The first kappa shape index (κ1) is 21.3. The molecule has 2 rings (SSSR count). The third-order valence-electron chi connectivity index (χ3n) is 4.38. The van der Waals surface area contributed by atoms with Gasteiger partial charge in [-0.3, -0.25) is 9.59 Å². The quantitative estimate of drug-likeness (QED) is 0.684. The molecule has 0 fully saturated rings. The normalized spacial score (nSPS) is 11.0. The molecule has 150 valence electrons. The lowest BCUT2D eigenvalue weighted by atomic mass is 9.87. The summed E-state index contributed by atoms with van der Waals surface area (Å²) >= 11 is 0. The molecule has 0 radical (unpaired) electrons. The van der Waals surface area contributed by atoms with Crippen molar-refractivity contribution in [2.24, 2.45) is 0 Å². The summed E-state index contributed by atoms with van der Waals surface area (Å²) in [6.07, 6.45) is 0.182. The number of rotatable bonds is 7. The van der Waals surface area contributed by atoms with Gasteiger partial charge < -0.3 is 20.5 Å². The minimum atomic E-state index is -0.198. The maximum atomic E-state index is 12.2. The fraction of sp³-hybridized carbons (Fsp3) is 0.364. The summed E-state index contributed by atoms with van der Waals surface area (Å²) < 4.78 is 5.04. The Kier molecular flexibility index (Phi) is 7.04. The fourth-order valence-electron chi connectivity index (χ4n) is 2.63. The molecule has 0 saturated carbocycles. The second kappa shape index (κ2) is 9.26. The van der Waals surface area contributed by atoms with Crippen LogP contribution < -0.4 is 15.4 Å². The number of phenols is 1. The lowest BCUT2D eigenvalue weighted by molar-refractivity contribution is -0.121. The Morgan fingerprint density at radius 2 is 1.71 bits per heavy atom. The summed E-state index contributed by atoms with van der Waals surface area (Å²) in [4.78, 5) is 24.2. The van der Waals surface area contributed by atoms with E-state index in [0.717, 1.165) is 11.1 Å². The number of carbonyl (C=O) groups excluding carboxylic acids is 2. The van der Waals surface area contributed by atoms with Crippen molar-refractivity contribution < 1.29 is 19.4 Å². The van der Waals surface area contributed by atoms with Crippen molar-refractivity contribution in [3.05, 3.63) is 59.2 Å². The van der Waals surface area contributed by atoms with Crippen LogP contribution in [-0.4, -0.2) is 30.6 Å². The van der Waals surface area contributed by atoms with Gasteiger partial charge in [-0.15, -0.1) is 0 Å². The van der Waals surface area contributed by atoms with Crippen molar-refractivity contribution in [1.29, 1.82) is 0 Å². The van der Waals surface area contributed by atoms with Gasteiger partial charge >= 0.3 is 0 Å². The maximum absolute atomic E-state index is 12.2. The zero-order valence-electron chi connectivity index (χ0n) is 16.8. The van der Waals surface area contributed by atoms with Crippen LogP contribution in [0.15, 0.2) is 42.5 Å². The van der Waals surface area contributed by atoms with Crippen LogP contribution in [0.1, 0.15) is 48.7 Å². The number of aromatic hydroxyl groups is 1. The second-order valence-corrected chi connectivity index (χ2v) is 7.62. The predicted octanol–water partition coefficient (Wildman–Crippen LogP) is 3.13. The second-order valence-electron chi connectivity index (χ2n) is 7.62. The highest BCUT2D eigenvalue weighted by atomic mass is 16.5. The molecule has 0 spiro atoms. The summed E-state index contributed by atoms with van der Waals surface area (Å²) in [5.41, 5.74) is 2.58. The summed E-state index contributed by atoms with van der Waals surface area (Å²) in [5, 5.41) is 15.1. The number of benzene rings is 2. The molecule has 28 heavy (non-hydrogen) atoms. The molecule has 2 amide bonds. The third-order valence-corrected chi connectivity index (χ3v) is 4.38. The van der Waals surface area contributed by atoms with Gasteiger partial charge in [-0.2, -0.15) is 0 Å². The number of nitrogens with one attached hydrogen (secondary N) is 2. The number of methoxy groups -OCH3 is 1. The first-order valence-electron chi connectivity index (χ1n) is 9.22. The van der Waals surface area contributed by atoms with Gasteiger partial charge in [-0.25, -0.2) is 0 Å². The molecule has 6 heteroatoms. The molecule has 0 unspecified atom stereocenters. The van der Waals surface area contributed by atoms with E-state index in [1.807, 2.05) is 12.1 Å². The van der Waals surface area contributed by atoms with Gasteiger partial charge in [-0.05, 0) is 40.8 Å². The average molecular weight is 384 g/mol. The number of hydrogen-bond donors (Lipinski definition) is 3. The van der Waals surface area contributed by atoms with Crippen molar-refractivity contribution in [2.45, 2.75) is 39.2 Å². The van der Waals surface area contributed by atoms with Gasteiger partial charge in [0.15, 0.2) is 11.5 Å². The lowest BCUT2D eigenvalue weighted by Gasteiger charge is -2.19. The standard InChI is InChI=1S/C22H28N2O4/c1-22(2,3)17-8-6-16(7-9-17)21(27)23-12-11-20(26)24-14-15-5-10-18(25)19(13-15)28-4/h5-10,13,25H,11-12,14H2,1-4H3,(H,23,27)(H,24,26). The Bertz CT molecular complexity index is 823. The van der Waals surface area contributed by atoms with Crippen LogP contribution in [0.25, 0.3) is 0 Å². The van der Waals surface area contributed by atoms with E-state index in [9.17, 15) is 14.7 Å². The average Bonchev–Trinajstić information content (AvgIpc) is 2.66. The van der Waals surface area contributed by atoms with E-state index in [1.165, 1.54) is 13.2 Å². The Labute approximate surface area is 165 Å². The van der Waals surface area contributed by atoms with E-state index in [1.54, 1.807) is 24.3 Å². The Balaban J connectivity index is 1.76. The first-order valence-corrected chi connectivity index (χ1v) is 9.22. The molecule has 0 bridgehead atoms. The number of hydrogen-bond acceptors (Lipinski definition) is 4. The molecule has 2 aromatic carbocycles. The summed E-state index contributed by atoms with van der Waals surface area (Å²) in [6, 6.07) is 12.4. The van der Waals surface area contributed by atoms with E-state index >= 15 is 0 Å². The Morgan fingerprint density at radius 3 is 2.32 bits per heavy atom. The maximum Gasteiger partial charge on any atom is 0.251 e. The van der Waals surface area contributed by atoms with Gasteiger partial charge in [0.25, 0.3) is 5.91 Å². The van der Waals surface area contributed by atoms with Crippen LogP contribution in [0, 0.1) is 0 Å². The number of carbonyl (C=O) groups is 2. The molecular weight excluding hydrogens is 356 g/mol. The zero-order valence-corrected chi connectivity index (χ0v) is 16.8. The van der Waals surface area contributed by atoms with Gasteiger partial charge in [-0.1, -0.05) is 39.0 Å². The van der Waals surface area contributed by atoms with Crippen LogP contribution in [0.5, 0.6) is 11.5 Å². The van der Waals surface area contributed by atoms with Crippen molar-refractivity contribution in [3.8, 4) is 11.5 Å². The lowest BCUT2D eigenvalue weighted by Crippen LogP contribution is -2.30. The number of amides is 2. The molecule has 0 heterocycles. The Morgan fingerprint density at radius 1 is 1.04 bits per heavy atom. The zero-order chi connectivity index (χ0) is 20.7. The largest absolute Gasteiger partial charge is 0.504 e. The van der Waals surface area contributed by atoms with E-state index in [-0.39, 0.29) is 35.9 Å². The number of phenolic OH excluding ortho intramolecular Hbond substituents is 1. The minimum Gasteiger partial charge on any atom is -0.504 e. The molecule has 0 aliphatic heterocycles. The minimum absolute atomic E-state index is 0.0363. The van der Waals surface area contributed by atoms with Gasteiger partial charge in [0, 0.05) is 25.1 Å². The Hall–Kier alpha value is -3.02.